The molecule has 1 aromatic carbocycles. The van der Waals surface area contributed by atoms with Crippen LogP contribution in [-0.4, -0.2) is 26.9 Å². The molecule has 0 saturated heterocycles. The minimum atomic E-state index is 0.247. The second kappa shape index (κ2) is 4.32. The van der Waals surface area contributed by atoms with Crippen LogP contribution in [0.3, 0.4) is 0 Å². The number of rotatable bonds is 3. The van der Waals surface area contributed by atoms with Gasteiger partial charge in [0.05, 0.1) is 12.2 Å². The maximum Gasteiger partial charge on any atom is 0.165 e. The zero-order chi connectivity index (χ0) is 11.5. The normalized spacial score (nSPS) is 10.6. The number of nitrogens with zero attached hydrogens (tertiary/aromatic N) is 3. The molecule has 84 valence electrons. The summed E-state index contributed by atoms with van der Waals surface area (Å²) in [5, 5.41) is 16.6. The van der Waals surface area contributed by atoms with Crippen LogP contribution in [0.5, 0.6) is 5.75 Å². The highest BCUT2D eigenvalue weighted by Gasteiger charge is 2.06. The maximum atomic E-state index is 9.21. The van der Waals surface area contributed by atoms with E-state index in [1.807, 2.05) is 14.0 Å². The maximum absolute atomic E-state index is 9.21. The van der Waals surface area contributed by atoms with Crippen LogP contribution in [0.1, 0.15) is 11.6 Å². The molecule has 0 atom stereocenters. The molecule has 0 fully saturated rings. The molecule has 0 aliphatic heterocycles. The Morgan fingerprint density at radius 3 is 2.62 bits per heavy atom. The van der Waals surface area contributed by atoms with Crippen LogP contribution >= 0.6 is 0 Å². The van der Waals surface area contributed by atoms with Gasteiger partial charge in [-0.1, -0.05) is 0 Å². The van der Waals surface area contributed by atoms with Crippen LogP contribution in [-0.2, 0) is 6.54 Å². The van der Waals surface area contributed by atoms with E-state index in [1.54, 1.807) is 28.9 Å². The van der Waals surface area contributed by atoms with Crippen LogP contribution in [0.15, 0.2) is 24.3 Å². The Labute approximate surface area is 93.8 Å². The lowest BCUT2D eigenvalue weighted by atomic mass is 10.3. The van der Waals surface area contributed by atoms with Crippen LogP contribution in [0, 0.1) is 6.92 Å². The van der Waals surface area contributed by atoms with Gasteiger partial charge >= 0.3 is 0 Å². The average molecular weight is 218 g/mol. The summed E-state index contributed by atoms with van der Waals surface area (Å²) in [6, 6.07) is 6.88. The van der Waals surface area contributed by atoms with Gasteiger partial charge in [-0.05, 0) is 38.2 Å². The Bertz CT molecular complexity index is 475. The monoisotopic (exact) mass is 218 g/mol. The molecule has 0 radical (unpaired) electrons. The first-order valence-electron chi connectivity index (χ1n) is 5.07. The molecule has 2 rings (SSSR count). The summed E-state index contributed by atoms with van der Waals surface area (Å²) in [5.74, 6) is 1.83. The highest BCUT2D eigenvalue weighted by atomic mass is 16.3. The zero-order valence-electron chi connectivity index (χ0n) is 9.31. The highest BCUT2D eigenvalue weighted by molar-refractivity contribution is 5.36. The Morgan fingerprint density at radius 1 is 1.31 bits per heavy atom. The van der Waals surface area contributed by atoms with Crippen molar-refractivity contribution in [2.75, 3.05) is 7.05 Å². The van der Waals surface area contributed by atoms with E-state index < -0.39 is 0 Å². The number of hydrogen-bond acceptors (Lipinski definition) is 4. The summed E-state index contributed by atoms with van der Waals surface area (Å²) in [5.41, 5.74) is 0.894. The largest absolute Gasteiger partial charge is 0.508 e. The molecule has 5 nitrogen and oxygen atoms in total. The van der Waals surface area contributed by atoms with Gasteiger partial charge in [-0.15, -0.1) is 5.10 Å². The lowest BCUT2D eigenvalue weighted by molar-refractivity contribution is 0.475. The number of hydrogen-bond donors (Lipinski definition) is 2. The molecule has 0 amide bonds. The molecule has 1 aromatic heterocycles. The van der Waals surface area contributed by atoms with Gasteiger partial charge in [0.15, 0.2) is 5.82 Å². The molecule has 2 aromatic rings. The first kappa shape index (κ1) is 10.6. The number of benzene rings is 1. The molecule has 1 heterocycles. The van der Waals surface area contributed by atoms with Crippen molar-refractivity contribution in [1.29, 1.82) is 0 Å². The van der Waals surface area contributed by atoms with E-state index >= 15 is 0 Å². The van der Waals surface area contributed by atoms with E-state index in [0.717, 1.165) is 17.3 Å². The van der Waals surface area contributed by atoms with Crippen molar-refractivity contribution in [1.82, 2.24) is 20.1 Å². The van der Waals surface area contributed by atoms with Gasteiger partial charge in [0, 0.05) is 0 Å². The third kappa shape index (κ3) is 2.04. The third-order valence-corrected chi connectivity index (χ3v) is 2.24. The summed E-state index contributed by atoms with van der Waals surface area (Å²) < 4.78 is 1.76. The van der Waals surface area contributed by atoms with Gasteiger partial charge in [0.25, 0.3) is 0 Å². The predicted octanol–water partition coefficient (Wildman–Crippen LogP) is 1.00. The fourth-order valence-corrected chi connectivity index (χ4v) is 1.52. The van der Waals surface area contributed by atoms with Crippen LogP contribution in [0.4, 0.5) is 0 Å². The van der Waals surface area contributed by atoms with Crippen molar-refractivity contribution in [2.24, 2.45) is 0 Å². The molecule has 0 aliphatic carbocycles. The van der Waals surface area contributed by atoms with Gasteiger partial charge in [-0.25, -0.2) is 9.67 Å². The van der Waals surface area contributed by atoms with E-state index in [0.29, 0.717) is 6.54 Å². The van der Waals surface area contributed by atoms with Crippen molar-refractivity contribution in [2.45, 2.75) is 13.5 Å². The lowest BCUT2D eigenvalue weighted by Crippen LogP contribution is -2.07. The second-order valence-corrected chi connectivity index (χ2v) is 3.53. The summed E-state index contributed by atoms with van der Waals surface area (Å²) in [6.45, 7) is 2.55. The molecule has 0 spiro atoms. The lowest BCUT2D eigenvalue weighted by Gasteiger charge is -2.02. The van der Waals surface area contributed by atoms with E-state index in [1.165, 1.54) is 0 Å². The molecule has 0 aliphatic rings. The second-order valence-electron chi connectivity index (χ2n) is 3.53. The van der Waals surface area contributed by atoms with Gasteiger partial charge in [0.2, 0.25) is 0 Å². The van der Waals surface area contributed by atoms with E-state index in [2.05, 4.69) is 15.4 Å². The van der Waals surface area contributed by atoms with E-state index in [4.69, 9.17) is 0 Å². The standard InChI is InChI=1S/C11H14N4O/c1-8-13-11(7-12-2)14-15(8)9-3-5-10(16)6-4-9/h3-6,12,16H,7H2,1-2H3. The van der Waals surface area contributed by atoms with Crippen molar-refractivity contribution in [3.05, 3.63) is 35.9 Å². The molecule has 5 heteroatoms. The predicted molar refractivity (Wildman–Crippen MR) is 60.5 cm³/mol. The van der Waals surface area contributed by atoms with E-state index in [-0.39, 0.29) is 5.75 Å². The minimum Gasteiger partial charge on any atom is -0.508 e. The van der Waals surface area contributed by atoms with Gasteiger partial charge in [0.1, 0.15) is 11.6 Å². The molecular formula is C11H14N4O. The van der Waals surface area contributed by atoms with E-state index in [9.17, 15) is 5.11 Å². The number of phenols is 1. The smallest absolute Gasteiger partial charge is 0.165 e. The van der Waals surface area contributed by atoms with Crippen LogP contribution in [0.2, 0.25) is 0 Å². The van der Waals surface area contributed by atoms with Crippen molar-refractivity contribution in [3.63, 3.8) is 0 Å². The molecule has 0 saturated carbocycles. The summed E-state index contributed by atoms with van der Waals surface area (Å²) in [7, 11) is 1.86. The summed E-state index contributed by atoms with van der Waals surface area (Å²) in [4.78, 5) is 4.33. The number of phenolic OH excluding ortho intramolecular Hbond substituents is 1. The fraction of sp³-hybridized carbons (Fsp3) is 0.273. The van der Waals surface area contributed by atoms with Gasteiger partial charge in [-0.2, -0.15) is 0 Å². The van der Waals surface area contributed by atoms with Crippen LogP contribution < -0.4 is 5.32 Å². The number of aryl methyl sites for hydroxylation is 1. The zero-order valence-corrected chi connectivity index (χ0v) is 9.31. The Hall–Kier alpha value is -1.88. The van der Waals surface area contributed by atoms with Crippen molar-refractivity contribution < 1.29 is 5.11 Å². The summed E-state index contributed by atoms with van der Waals surface area (Å²) in [6.07, 6.45) is 0. The Balaban J connectivity index is 2.36. The summed E-state index contributed by atoms with van der Waals surface area (Å²) >= 11 is 0. The number of aromatic hydroxyl groups is 1. The van der Waals surface area contributed by atoms with Gasteiger partial charge < -0.3 is 10.4 Å². The molecule has 0 unspecified atom stereocenters. The highest BCUT2D eigenvalue weighted by Crippen LogP contribution is 2.14. The first-order valence-corrected chi connectivity index (χ1v) is 5.07. The molecular weight excluding hydrogens is 204 g/mol. The molecule has 0 bridgehead atoms. The number of aromatic nitrogens is 3. The SMILES string of the molecule is CNCc1nc(C)n(-c2ccc(O)cc2)n1. The van der Waals surface area contributed by atoms with Gasteiger partial charge in [-0.3, -0.25) is 0 Å². The first-order chi connectivity index (χ1) is 7.70. The molecule has 2 N–H and O–H groups in total. The Morgan fingerprint density at radius 2 is 2.00 bits per heavy atom. The minimum absolute atomic E-state index is 0.247. The topological polar surface area (TPSA) is 63.0 Å². The Kier molecular flexibility index (Phi) is 2.87. The average Bonchev–Trinajstić information content (AvgIpc) is 2.61. The molecule has 16 heavy (non-hydrogen) atoms. The number of nitrogens with one attached hydrogen (secondary N) is 1. The van der Waals surface area contributed by atoms with Crippen molar-refractivity contribution >= 4 is 0 Å². The fourth-order valence-electron chi connectivity index (χ4n) is 1.52. The quantitative estimate of drug-likeness (QED) is 0.806. The third-order valence-electron chi connectivity index (χ3n) is 2.24. The van der Waals surface area contributed by atoms with Crippen molar-refractivity contribution in [3.8, 4) is 11.4 Å². The van der Waals surface area contributed by atoms with Crippen LogP contribution in [0.25, 0.3) is 5.69 Å².